The summed E-state index contributed by atoms with van der Waals surface area (Å²) in [7, 11) is 0. The van der Waals surface area contributed by atoms with Gasteiger partial charge in [0.25, 0.3) is 5.56 Å². The van der Waals surface area contributed by atoms with Crippen LogP contribution in [-0.4, -0.2) is 47.7 Å². The number of halogens is 2. The highest BCUT2D eigenvalue weighted by molar-refractivity contribution is 7.07. The van der Waals surface area contributed by atoms with Gasteiger partial charge in [0, 0.05) is 13.1 Å². The third-order valence-electron chi connectivity index (χ3n) is 4.28. The van der Waals surface area contributed by atoms with Crippen molar-refractivity contribution >= 4 is 35.4 Å². The Balaban J connectivity index is 2.50. The van der Waals surface area contributed by atoms with Gasteiger partial charge in [-0.15, -0.1) is 11.3 Å². The number of benzene rings is 1. The van der Waals surface area contributed by atoms with Crippen molar-refractivity contribution in [3.8, 4) is 5.75 Å². The van der Waals surface area contributed by atoms with Gasteiger partial charge < -0.3 is 14.4 Å². The first-order valence-electron chi connectivity index (χ1n) is 9.71. The average molecular weight is 454 g/mol. The van der Waals surface area contributed by atoms with E-state index < -0.39 is 18.1 Å². The number of hydrogen-bond donors (Lipinski definition) is 0. The van der Waals surface area contributed by atoms with E-state index in [1.807, 2.05) is 13.8 Å². The summed E-state index contributed by atoms with van der Waals surface area (Å²) in [6.07, 6.45) is 2.74. The number of likely N-dealkylation sites (N-methyl/N-ethyl adjacent to an activating group) is 1. The van der Waals surface area contributed by atoms with Crippen LogP contribution in [0.1, 0.15) is 26.3 Å². The van der Waals surface area contributed by atoms with Crippen LogP contribution >= 0.6 is 11.3 Å². The topological polar surface area (TPSA) is 77.8 Å². The molecule has 1 aromatic carbocycles. The van der Waals surface area contributed by atoms with Crippen molar-refractivity contribution in [2.45, 2.75) is 33.9 Å². The summed E-state index contributed by atoms with van der Waals surface area (Å²) in [4.78, 5) is 39.0. The number of esters is 1. The number of hydrogen-bond acceptors (Lipinski definition) is 6. The number of ether oxygens (including phenoxy) is 2. The molecule has 168 valence electrons. The Kier molecular flexibility index (Phi) is 8.92. The molecule has 1 heterocycles. The van der Waals surface area contributed by atoms with Gasteiger partial charge in [0.05, 0.1) is 17.2 Å². The van der Waals surface area contributed by atoms with Crippen LogP contribution in [0.2, 0.25) is 0 Å². The first kappa shape index (κ1) is 24.3. The summed E-state index contributed by atoms with van der Waals surface area (Å²) in [5, 5.41) is 0. The predicted octanol–water partition coefficient (Wildman–Crippen LogP) is 1.55. The second kappa shape index (κ2) is 11.4. The fraction of sp³-hybridized carbons (Fsp3) is 0.381. The third kappa shape index (κ3) is 6.74. The van der Waals surface area contributed by atoms with Gasteiger partial charge in [0.1, 0.15) is 17.0 Å². The predicted molar refractivity (Wildman–Crippen MR) is 113 cm³/mol. The molecule has 0 fully saturated rings. The van der Waals surface area contributed by atoms with Crippen LogP contribution in [0, 0.1) is 0 Å². The molecule has 0 aliphatic carbocycles. The molecule has 1 amide bonds. The smallest absolute Gasteiger partial charge is 0.387 e. The fourth-order valence-electron chi connectivity index (χ4n) is 2.79. The van der Waals surface area contributed by atoms with Crippen LogP contribution in [0.5, 0.6) is 5.75 Å². The zero-order valence-corrected chi connectivity index (χ0v) is 18.3. The summed E-state index contributed by atoms with van der Waals surface area (Å²) in [6.45, 7) is 3.37. The average Bonchev–Trinajstić information content (AvgIpc) is 2.99. The lowest BCUT2D eigenvalue weighted by Crippen LogP contribution is -2.40. The van der Waals surface area contributed by atoms with Gasteiger partial charge in [0.2, 0.25) is 5.91 Å². The maximum absolute atomic E-state index is 13.0. The normalized spacial score (nSPS) is 12.3. The van der Waals surface area contributed by atoms with Crippen LogP contribution in [0.3, 0.4) is 0 Å². The molecule has 0 aliphatic rings. The second-order valence-corrected chi connectivity index (χ2v) is 7.31. The lowest BCUT2D eigenvalue weighted by Gasteiger charge is -2.18. The molecule has 2 rings (SSSR count). The highest BCUT2D eigenvalue weighted by Crippen LogP contribution is 2.15. The molecule has 0 atom stereocenters. The third-order valence-corrected chi connectivity index (χ3v) is 5.34. The van der Waals surface area contributed by atoms with Crippen LogP contribution in [-0.2, 0) is 20.9 Å². The second-order valence-electron chi connectivity index (χ2n) is 6.25. The van der Waals surface area contributed by atoms with Gasteiger partial charge in [-0.25, -0.2) is 4.79 Å². The number of carbonyl (C=O) groups excluding carboxylic acids is 2. The Bertz CT molecular complexity index is 1070. The van der Waals surface area contributed by atoms with Crippen molar-refractivity contribution in [2.24, 2.45) is 0 Å². The number of aromatic nitrogens is 1. The molecule has 2 aromatic rings. The molecule has 0 aliphatic heterocycles. The molecule has 0 spiro atoms. The minimum Gasteiger partial charge on any atom is -0.463 e. The minimum atomic E-state index is -2.93. The van der Waals surface area contributed by atoms with E-state index >= 15 is 0 Å². The number of rotatable bonds is 9. The van der Waals surface area contributed by atoms with Crippen molar-refractivity contribution in [1.29, 1.82) is 0 Å². The maximum Gasteiger partial charge on any atom is 0.387 e. The molecule has 31 heavy (non-hydrogen) atoms. The van der Waals surface area contributed by atoms with Gasteiger partial charge in [0.15, 0.2) is 0 Å². The molecule has 0 saturated heterocycles. The Morgan fingerprint density at radius 3 is 2.35 bits per heavy atom. The summed E-state index contributed by atoms with van der Waals surface area (Å²) >= 11 is 1.04. The summed E-state index contributed by atoms with van der Waals surface area (Å²) < 4.78 is 35.6. The monoisotopic (exact) mass is 454 g/mol. The molecule has 0 unspecified atom stereocenters. The van der Waals surface area contributed by atoms with E-state index in [4.69, 9.17) is 4.74 Å². The first-order valence-corrected chi connectivity index (χ1v) is 10.5. The zero-order valence-electron chi connectivity index (χ0n) is 17.5. The Labute approximate surface area is 181 Å². The number of thiazole rings is 1. The van der Waals surface area contributed by atoms with E-state index in [1.165, 1.54) is 34.9 Å². The van der Waals surface area contributed by atoms with Gasteiger partial charge in [-0.3, -0.25) is 14.2 Å². The van der Waals surface area contributed by atoms with Gasteiger partial charge in [-0.1, -0.05) is 12.1 Å². The van der Waals surface area contributed by atoms with E-state index in [2.05, 4.69) is 4.74 Å². The van der Waals surface area contributed by atoms with Crippen LogP contribution in [0.4, 0.5) is 8.78 Å². The van der Waals surface area contributed by atoms with Gasteiger partial charge in [-0.2, -0.15) is 8.78 Å². The van der Waals surface area contributed by atoms with Crippen molar-refractivity contribution in [1.82, 2.24) is 9.47 Å². The van der Waals surface area contributed by atoms with Crippen molar-refractivity contribution in [2.75, 3.05) is 19.7 Å². The van der Waals surface area contributed by atoms with Gasteiger partial charge in [-0.05, 0) is 44.5 Å². The zero-order chi connectivity index (χ0) is 23.0. The van der Waals surface area contributed by atoms with Crippen molar-refractivity contribution < 1.29 is 27.8 Å². The van der Waals surface area contributed by atoms with Crippen LogP contribution in [0.25, 0.3) is 12.2 Å². The molecular formula is C21H24F2N2O5S. The minimum absolute atomic E-state index is 0.00288. The lowest BCUT2D eigenvalue weighted by molar-refractivity contribution is -0.135. The van der Waals surface area contributed by atoms with E-state index in [-0.39, 0.29) is 34.0 Å². The Morgan fingerprint density at radius 2 is 1.81 bits per heavy atom. The molecule has 1 aromatic heterocycles. The number of amides is 1. The highest BCUT2D eigenvalue weighted by atomic mass is 32.1. The molecule has 0 N–H and O–H groups in total. The summed E-state index contributed by atoms with van der Waals surface area (Å²) in [6, 6.07) is 5.77. The number of carbonyl (C=O) groups is 2. The van der Waals surface area contributed by atoms with E-state index in [0.717, 1.165) is 11.3 Å². The van der Waals surface area contributed by atoms with E-state index in [9.17, 15) is 23.2 Å². The molecule has 7 nitrogen and oxygen atoms in total. The van der Waals surface area contributed by atoms with Crippen LogP contribution in [0.15, 0.2) is 29.1 Å². The van der Waals surface area contributed by atoms with Gasteiger partial charge >= 0.3 is 12.6 Å². The molecule has 0 bridgehead atoms. The summed E-state index contributed by atoms with van der Waals surface area (Å²) in [5.74, 6) is -0.867. The fourth-order valence-corrected chi connectivity index (χ4v) is 3.82. The first-order chi connectivity index (χ1) is 14.8. The SMILES string of the molecule is CCOC(=O)/C=c1\s/c(=C\c2ccc(OC(F)F)cc2)c(=O)n1CC(=O)N(CC)CC. The highest BCUT2D eigenvalue weighted by Gasteiger charge is 2.15. The molecule has 0 radical (unpaired) electrons. The van der Waals surface area contributed by atoms with Crippen LogP contribution < -0.4 is 19.5 Å². The Hall–Kier alpha value is -3.01. The number of nitrogens with zero attached hydrogens (tertiary/aromatic N) is 2. The standard InChI is InChI=1S/C21H24F2N2O5S/c1-4-24(5-2)17(26)13-25-18(12-19(27)29-6-3)31-16(20(25)28)11-14-7-9-15(10-8-14)30-21(22)23/h7-12,21H,4-6,13H2,1-3H3/b16-11-,18-12-. The lowest BCUT2D eigenvalue weighted by atomic mass is 10.2. The Morgan fingerprint density at radius 1 is 1.16 bits per heavy atom. The molecular weight excluding hydrogens is 430 g/mol. The molecule has 0 saturated carbocycles. The van der Waals surface area contributed by atoms with E-state index in [0.29, 0.717) is 18.7 Å². The van der Waals surface area contributed by atoms with Crippen molar-refractivity contribution in [3.63, 3.8) is 0 Å². The van der Waals surface area contributed by atoms with Crippen molar-refractivity contribution in [3.05, 3.63) is 49.4 Å². The number of alkyl halides is 2. The largest absolute Gasteiger partial charge is 0.463 e. The van der Waals surface area contributed by atoms with E-state index in [1.54, 1.807) is 17.9 Å². The summed E-state index contributed by atoms with van der Waals surface area (Å²) in [5.41, 5.74) is 0.138. The maximum atomic E-state index is 13.0. The quantitative estimate of drug-likeness (QED) is 0.538. The molecule has 10 heteroatoms.